The Morgan fingerprint density at radius 1 is 1.24 bits per heavy atom. The van der Waals surface area contributed by atoms with E-state index in [1.165, 1.54) is 18.9 Å². The highest BCUT2D eigenvalue weighted by Gasteiger charge is 2.25. The summed E-state index contributed by atoms with van der Waals surface area (Å²) < 4.78 is 7.88. The molecule has 1 aliphatic heterocycles. The molecular weight excluding hydrogens is 508 g/mol. The van der Waals surface area contributed by atoms with Crippen LogP contribution in [0.15, 0.2) is 107 Å². The van der Waals surface area contributed by atoms with Crippen LogP contribution in [0.4, 0.5) is 0 Å². The highest BCUT2D eigenvalue weighted by molar-refractivity contribution is 8.05. The monoisotopic (exact) mass is 542 g/mol. The molecule has 198 valence electrons. The predicted octanol–water partition coefficient (Wildman–Crippen LogP) is 7.57. The number of thioether (sulfide) groups is 1. The highest BCUT2D eigenvalue weighted by atomic mass is 35.5. The average Bonchev–Trinajstić information content (AvgIpc) is 3.46. The van der Waals surface area contributed by atoms with Gasteiger partial charge in [-0.3, -0.25) is 4.79 Å². The minimum atomic E-state index is -0.177. The van der Waals surface area contributed by atoms with Gasteiger partial charge in [-0.15, -0.1) is 11.8 Å². The van der Waals surface area contributed by atoms with Crippen molar-refractivity contribution in [3.63, 3.8) is 0 Å². The molecule has 0 radical (unpaired) electrons. The molecule has 0 saturated carbocycles. The van der Waals surface area contributed by atoms with Crippen LogP contribution < -0.4 is 0 Å². The lowest BCUT2D eigenvalue weighted by atomic mass is 10.1. The first kappa shape index (κ1) is 30.1. The van der Waals surface area contributed by atoms with Crippen molar-refractivity contribution < 1.29 is 19.7 Å². The van der Waals surface area contributed by atoms with E-state index in [1.54, 1.807) is 17.0 Å². The van der Waals surface area contributed by atoms with Crippen molar-refractivity contribution in [2.45, 2.75) is 32.4 Å². The van der Waals surface area contributed by atoms with Crippen molar-refractivity contribution in [3.8, 4) is 5.69 Å². The molecule has 2 heterocycles. The maximum Gasteiger partial charge on any atom is 0.256 e. The minimum Gasteiger partial charge on any atom is -0.497 e. The van der Waals surface area contributed by atoms with Crippen molar-refractivity contribution in [1.29, 1.82) is 0 Å². The van der Waals surface area contributed by atoms with Gasteiger partial charge in [-0.2, -0.15) is 0 Å². The fourth-order valence-electron chi connectivity index (χ4n) is 3.59. The first-order chi connectivity index (χ1) is 18.0. The van der Waals surface area contributed by atoms with Gasteiger partial charge in [0.2, 0.25) is 0 Å². The zero-order valence-electron chi connectivity index (χ0n) is 21.8. The Morgan fingerprint density at radius 3 is 2.57 bits per heavy atom. The number of carbonyl (C=O) groups is 1. The van der Waals surface area contributed by atoms with E-state index in [-0.39, 0.29) is 23.5 Å². The zero-order valence-corrected chi connectivity index (χ0v) is 23.3. The molecule has 6 nitrogen and oxygen atoms in total. The third kappa shape index (κ3) is 8.74. The number of hydrogen-bond acceptors (Lipinski definition) is 5. The summed E-state index contributed by atoms with van der Waals surface area (Å²) in [7, 11) is 1.54. The molecule has 1 amide bonds. The molecule has 1 aliphatic rings. The van der Waals surface area contributed by atoms with Crippen molar-refractivity contribution in [1.82, 2.24) is 9.47 Å². The maximum absolute atomic E-state index is 13.9. The molecule has 0 aliphatic carbocycles. The lowest BCUT2D eigenvalue weighted by Crippen LogP contribution is -2.38. The van der Waals surface area contributed by atoms with Crippen molar-refractivity contribution in [2.24, 2.45) is 0 Å². The molecule has 1 unspecified atom stereocenters. The Kier molecular flexibility index (Phi) is 12.9. The van der Waals surface area contributed by atoms with Gasteiger partial charge in [-0.1, -0.05) is 63.2 Å². The smallest absolute Gasteiger partial charge is 0.256 e. The van der Waals surface area contributed by atoms with Gasteiger partial charge in [-0.25, -0.2) is 5.26 Å². The number of benzene rings is 1. The Hall–Kier alpha value is -3.13. The van der Waals surface area contributed by atoms with Gasteiger partial charge >= 0.3 is 0 Å². The van der Waals surface area contributed by atoms with Crippen LogP contribution in [0.2, 0.25) is 0 Å². The quantitative estimate of drug-likeness (QED) is 0.137. The molecule has 0 fully saturated rings. The Morgan fingerprint density at radius 2 is 1.95 bits per heavy atom. The first-order valence-electron chi connectivity index (χ1n) is 12.1. The number of rotatable bonds is 11. The number of aromatic nitrogens is 1. The van der Waals surface area contributed by atoms with Crippen LogP contribution >= 0.6 is 23.4 Å². The molecule has 0 spiro atoms. The van der Waals surface area contributed by atoms with Crippen LogP contribution in [-0.4, -0.2) is 46.1 Å². The summed E-state index contributed by atoms with van der Waals surface area (Å²) in [4.78, 5) is 20.2. The zero-order chi connectivity index (χ0) is 27.2. The second-order valence-corrected chi connectivity index (χ2v) is 9.64. The van der Waals surface area contributed by atoms with Gasteiger partial charge < -0.3 is 19.1 Å². The minimum absolute atomic E-state index is 0.0417. The standard InChI is InChI=1S/C27H29ClN2O4S.C2H6/c1-4-10-21(33-3)17-25(34-32)20(2)18-30(19-22-11-9-14-26(28)35-22)27(31)23-12-5-6-13-24(23)29-15-7-8-16-29;1-2/h5-17,22,32H,2,4,18-19H2,1,3H3;1-2H3/b21-10+,25-17+;. The van der Waals surface area contributed by atoms with Gasteiger partial charge in [0.05, 0.1) is 22.7 Å². The van der Waals surface area contributed by atoms with Gasteiger partial charge in [0.25, 0.3) is 5.91 Å². The van der Waals surface area contributed by atoms with Gasteiger partial charge in [0.1, 0.15) is 5.76 Å². The number of nitrogens with zero attached hydrogens (tertiary/aromatic N) is 2. The summed E-state index contributed by atoms with van der Waals surface area (Å²) in [6.07, 6.45) is 13.6. The summed E-state index contributed by atoms with van der Waals surface area (Å²) in [6, 6.07) is 11.3. The molecule has 1 aromatic heterocycles. The van der Waals surface area contributed by atoms with Gasteiger partial charge in [-0.05, 0) is 42.8 Å². The molecule has 37 heavy (non-hydrogen) atoms. The van der Waals surface area contributed by atoms with Gasteiger partial charge in [0, 0.05) is 42.4 Å². The van der Waals surface area contributed by atoms with E-state index in [1.807, 2.05) is 92.4 Å². The molecule has 8 heteroatoms. The largest absolute Gasteiger partial charge is 0.497 e. The molecule has 1 atom stereocenters. The predicted molar refractivity (Wildman–Crippen MR) is 154 cm³/mol. The molecule has 3 rings (SSSR count). The molecular formula is C29H35ClN2O4S. The summed E-state index contributed by atoms with van der Waals surface area (Å²) >= 11 is 7.71. The van der Waals surface area contributed by atoms with E-state index in [4.69, 9.17) is 16.3 Å². The third-order valence-electron chi connectivity index (χ3n) is 5.26. The van der Waals surface area contributed by atoms with E-state index >= 15 is 0 Å². The topological polar surface area (TPSA) is 63.9 Å². The summed E-state index contributed by atoms with van der Waals surface area (Å²) in [5, 5.41) is 9.50. The van der Waals surface area contributed by atoms with E-state index in [2.05, 4.69) is 11.5 Å². The van der Waals surface area contributed by atoms with Crippen LogP contribution in [0.1, 0.15) is 37.6 Å². The van der Waals surface area contributed by atoms with Crippen molar-refractivity contribution in [3.05, 3.63) is 113 Å². The number of methoxy groups -OCH3 is 1. The molecule has 1 aromatic carbocycles. The van der Waals surface area contributed by atoms with E-state index in [0.717, 1.165) is 12.1 Å². The number of carbonyl (C=O) groups excluding carboxylic acids is 1. The van der Waals surface area contributed by atoms with E-state index < -0.39 is 0 Å². The van der Waals surface area contributed by atoms with E-state index in [9.17, 15) is 10.1 Å². The fourth-order valence-corrected chi connectivity index (χ4v) is 4.88. The van der Waals surface area contributed by atoms with Crippen LogP contribution in [0.25, 0.3) is 5.69 Å². The number of para-hydroxylation sites is 1. The van der Waals surface area contributed by atoms with Crippen LogP contribution in [0.5, 0.6) is 0 Å². The SMILES string of the molecule is C=C(CN(CC1C=CC=C(Cl)S1)C(=O)c1ccccc1-n1cccc1)/C(=C\C(=C/CC)OC)OO.CC. The van der Waals surface area contributed by atoms with Crippen molar-refractivity contribution in [2.75, 3.05) is 20.2 Å². The normalized spacial score (nSPS) is 15.3. The molecule has 0 saturated heterocycles. The first-order valence-corrected chi connectivity index (χ1v) is 13.4. The average molecular weight is 543 g/mol. The van der Waals surface area contributed by atoms with Crippen LogP contribution in [0.3, 0.4) is 0 Å². The highest BCUT2D eigenvalue weighted by Crippen LogP contribution is 2.31. The third-order valence-corrected chi connectivity index (χ3v) is 6.63. The Balaban J connectivity index is 0.00000235. The number of ether oxygens (including phenoxy) is 1. The number of allylic oxidation sites excluding steroid dienone is 4. The molecule has 2 aromatic rings. The van der Waals surface area contributed by atoms with Crippen LogP contribution in [0, 0.1) is 0 Å². The molecule has 0 bridgehead atoms. The Labute approximate surface area is 229 Å². The summed E-state index contributed by atoms with van der Waals surface area (Å²) in [5.41, 5.74) is 1.73. The van der Waals surface area contributed by atoms with Gasteiger partial charge in [0.15, 0.2) is 5.76 Å². The lowest BCUT2D eigenvalue weighted by molar-refractivity contribution is -0.200. The lowest BCUT2D eigenvalue weighted by Gasteiger charge is -2.28. The number of halogens is 1. The van der Waals surface area contributed by atoms with E-state index in [0.29, 0.717) is 27.8 Å². The fraction of sp³-hybridized carbons (Fsp3) is 0.276. The number of hydrogen-bond donors (Lipinski definition) is 1. The molecule has 1 N–H and O–H groups in total. The van der Waals surface area contributed by atoms with Crippen molar-refractivity contribution >= 4 is 29.3 Å². The summed E-state index contributed by atoms with van der Waals surface area (Å²) in [6.45, 7) is 10.5. The maximum atomic E-state index is 13.9. The van der Waals surface area contributed by atoms with Crippen LogP contribution in [-0.2, 0) is 9.62 Å². The number of amides is 1. The summed E-state index contributed by atoms with van der Waals surface area (Å²) in [5.74, 6) is 0.465. The second kappa shape index (κ2) is 15.9. The second-order valence-electron chi connectivity index (χ2n) is 7.73. The Bertz CT molecular complexity index is 1150.